The standard InChI is InChI=1S/C39H58N6O5/c1-27(2)19-30(37(48)42-34(15-9-10-16-40)39(50)45-25-31-23-44(17-18-46)24-32(31)26-45)22-36(47)35(21-29-13-7-4-8-14-29)43-38(49)33(41)20-28-11-5-3-6-12-28/h3-8,11-14,27,30-35,46H,9-10,15-26,40-41H2,1-2H3,(H,42,48)(H,43,49). The van der Waals surface area contributed by atoms with Crippen molar-refractivity contribution in [3.8, 4) is 0 Å². The van der Waals surface area contributed by atoms with Gasteiger partial charge in [-0.15, -0.1) is 0 Å². The minimum atomic E-state index is -0.870. The number of hydrogen-bond donors (Lipinski definition) is 5. The summed E-state index contributed by atoms with van der Waals surface area (Å²) in [5.74, 6) is -0.928. The van der Waals surface area contributed by atoms with Crippen LogP contribution in [0.2, 0.25) is 0 Å². The van der Waals surface area contributed by atoms with Gasteiger partial charge in [-0.05, 0) is 74.0 Å². The van der Waals surface area contributed by atoms with Crippen LogP contribution in [0.3, 0.4) is 0 Å². The quantitative estimate of drug-likeness (QED) is 0.131. The van der Waals surface area contributed by atoms with Crippen LogP contribution in [0, 0.1) is 23.7 Å². The summed E-state index contributed by atoms with van der Waals surface area (Å²) < 4.78 is 0. The maximum absolute atomic E-state index is 14.0. The van der Waals surface area contributed by atoms with Crippen LogP contribution in [0.1, 0.15) is 57.1 Å². The summed E-state index contributed by atoms with van der Waals surface area (Å²) in [5.41, 5.74) is 13.9. The highest BCUT2D eigenvalue weighted by Gasteiger charge is 2.43. The zero-order chi connectivity index (χ0) is 36.0. The number of hydrogen-bond acceptors (Lipinski definition) is 8. The van der Waals surface area contributed by atoms with Gasteiger partial charge < -0.3 is 37.0 Å². The van der Waals surface area contributed by atoms with Crippen LogP contribution in [0.4, 0.5) is 0 Å². The van der Waals surface area contributed by atoms with Crippen molar-refractivity contribution in [2.24, 2.45) is 35.1 Å². The van der Waals surface area contributed by atoms with E-state index in [0.717, 1.165) is 30.6 Å². The van der Waals surface area contributed by atoms with Gasteiger partial charge in [-0.1, -0.05) is 74.5 Å². The minimum Gasteiger partial charge on any atom is -0.395 e. The first kappa shape index (κ1) is 39.2. The van der Waals surface area contributed by atoms with E-state index in [-0.39, 0.29) is 43.0 Å². The molecule has 0 spiro atoms. The number of rotatable bonds is 20. The molecular weight excluding hydrogens is 632 g/mol. The summed E-state index contributed by atoms with van der Waals surface area (Å²) in [4.78, 5) is 59.4. The molecule has 3 amide bonds. The Balaban J connectivity index is 1.45. The number of fused-ring (bicyclic) bond motifs is 1. The van der Waals surface area contributed by atoms with Crippen molar-refractivity contribution < 1.29 is 24.3 Å². The lowest BCUT2D eigenvalue weighted by atomic mass is 9.88. The van der Waals surface area contributed by atoms with Gasteiger partial charge in [0.2, 0.25) is 17.7 Å². The van der Waals surface area contributed by atoms with E-state index in [4.69, 9.17) is 11.5 Å². The van der Waals surface area contributed by atoms with Gasteiger partial charge in [0.1, 0.15) is 6.04 Å². The van der Waals surface area contributed by atoms with Crippen molar-refractivity contribution in [3.05, 3.63) is 71.8 Å². The molecule has 0 aliphatic carbocycles. The van der Waals surface area contributed by atoms with Gasteiger partial charge in [0.15, 0.2) is 5.78 Å². The molecule has 0 bridgehead atoms. The maximum atomic E-state index is 14.0. The molecule has 11 heteroatoms. The van der Waals surface area contributed by atoms with Crippen molar-refractivity contribution in [1.82, 2.24) is 20.4 Å². The van der Waals surface area contributed by atoms with Crippen molar-refractivity contribution in [2.45, 2.75) is 76.9 Å². The molecule has 274 valence electrons. The largest absolute Gasteiger partial charge is 0.395 e. The molecule has 2 aliphatic heterocycles. The van der Waals surface area contributed by atoms with E-state index in [2.05, 4.69) is 15.5 Å². The monoisotopic (exact) mass is 690 g/mol. The van der Waals surface area contributed by atoms with Crippen LogP contribution in [0.5, 0.6) is 0 Å². The summed E-state index contributed by atoms with van der Waals surface area (Å²) in [6.45, 7) is 8.26. The molecule has 2 aromatic carbocycles. The number of aliphatic hydroxyl groups excluding tert-OH is 1. The minimum absolute atomic E-state index is 0.0754. The molecule has 6 unspecified atom stereocenters. The molecular formula is C39H58N6O5. The van der Waals surface area contributed by atoms with Crippen LogP contribution in [-0.2, 0) is 32.0 Å². The molecule has 2 saturated heterocycles. The number of nitrogens with zero attached hydrogens (tertiary/aromatic N) is 2. The Morgan fingerprint density at radius 3 is 1.96 bits per heavy atom. The van der Waals surface area contributed by atoms with Gasteiger partial charge in [0.05, 0.1) is 18.7 Å². The SMILES string of the molecule is CC(C)CC(CC(=O)C(Cc1ccccc1)NC(=O)C(N)Cc1ccccc1)C(=O)NC(CCCCN)C(=O)N1CC2CN(CCO)CC2C1. The molecule has 7 N–H and O–H groups in total. The number of ketones is 1. The van der Waals surface area contributed by atoms with E-state index in [1.165, 1.54) is 0 Å². The summed E-state index contributed by atoms with van der Waals surface area (Å²) in [5, 5.41) is 15.3. The summed E-state index contributed by atoms with van der Waals surface area (Å²) >= 11 is 0. The number of carbonyl (C=O) groups excluding carboxylic acids is 4. The second kappa shape index (κ2) is 19.7. The van der Waals surface area contributed by atoms with E-state index < -0.39 is 30.0 Å². The number of aliphatic hydroxyl groups is 1. The molecule has 2 aromatic rings. The number of Topliss-reactive ketones (excluding diaryl/α,β-unsaturated/α-hetero) is 1. The number of amides is 3. The van der Waals surface area contributed by atoms with E-state index >= 15 is 0 Å². The molecule has 2 fully saturated rings. The highest BCUT2D eigenvalue weighted by Crippen LogP contribution is 2.31. The van der Waals surface area contributed by atoms with Crippen molar-refractivity contribution in [2.75, 3.05) is 45.9 Å². The summed E-state index contributed by atoms with van der Waals surface area (Å²) in [6, 6.07) is 16.5. The molecule has 11 nitrogen and oxygen atoms in total. The Labute approximate surface area is 297 Å². The average molecular weight is 691 g/mol. The molecule has 0 aromatic heterocycles. The third kappa shape index (κ3) is 11.7. The third-order valence-electron chi connectivity index (χ3n) is 10.0. The average Bonchev–Trinajstić information content (AvgIpc) is 3.67. The van der Waals surface area contributed by atoms with Crippen LogP contribution in [0.25, 0.3) is 0 Å². The Kier molecular flexibility index (Phi) is 15.4. The maximum Gasteiger partial charge on any atom is 0.245 e. The molecule has 2 heterocycles. The Hall–Kier alpha value is -3.64. The summed E-state index contributed by atoms with van der Waals surface area (Å²) in [6.07, 6.45) is 2.88. The first-order valence-corrected chi connectivity index (χ1v) is 18.4. The van der Waals surface area contributed by atoms with Gasteiger partial charge in [-0.2, -0.15) is 0 Å². The predicted molar refractivity (Wildman–Crippen MR) is 195 cm³/mol. The lowest BCUT2D eigenvalue weighted by Gasteiger charge is -2.28. The zero-order valence-corrected chi connectivity index (χ0v) is 29.8. The van der Waals surface area contributed by atoms with E-state index in [1.807, 2.05) is 79.4 Å². The van der Waals surface area contributed by atoms with E-state index in [0.29, 0.717) is 63.7 Å². The normalized spacial score (nSPS) is 19.8. The van der Waals surface area contributed by atoms with Crippen molar-refractivity contribution >= 4 is 23.5 Å². The number of nitrogens with one attached hydrogen (secondary N) is 2. The van der Waals surface area contributed by atoms with Gasteiger partial charge in [0.25, 0.3) is 0 Å². The first-order valence-electron chi connectivity index (χ1n) is 18.4. The molecule has 50 heavy (non-hydrogen) atoms. The first-order chi connectivity index (χ1) is 24.1. The van der Waals surface area contributed by atoms with Crippen LogP contribution in [0.15, 0.2) is 60.7 Å². The van der Waals surface area contributed by atoms with Gasteiger partial charge in [0, 0.05) is 45.1 Å². The fraction of sp³-hybridized carbons (Fsp3) is 0.590. The Morgan fingerprint density at radius 2 is 1.40 bits per heavy atom. The number of nitrogens with two attached hydrogens (primary N) is 2. The zero-order valence-electron chi connectivity index (χ0n) is 29.8. The fourth-order valence-corrected chi connectivity index (χ4v) is 7.43. The van der Waals surface area contributed by atoms with Crippen molar-refractivity contribution in [3.63, 3.8) is 0 Å². The second-order valence-electron chi connectivity index (χ2n) is 14.6. The van der Waals surface area contributed by atoms with E-state index in [1.54, 1.807) is 0 Å². The number of unbranched alkanes of at least 4 members (excludes halogenated alkanes) is 1. The van der Waals surface area contributed by atoms with Crippen molar-refractivity contribution in [1.29, 1.82) is 0 Å². The number of benzene rings is 2. The lowest BCUT2D eigenvalue weighted by molar-refractivity contribution is -0.138. The summed E-state index contributed by atoms with van der Waals surface area (Å²) in [7, 11) is 0. The second-order valence-corrected chi connectivity index (χ2v) is 14.6. The molecule has 6 atom stereocenters. The molecule has 0 radical (unpaired) electrons. The number of likely N-dealkylation sites (tertiary alicyclic amines) is 2. The third-order valence-corrected chi connectivity index (χ3v) is 10.0. The predicted octanol–water partition coefficient (Wildman–Crippen LogP) is 1.90. The lowest BCUT2D eigenvalue weighted by Crippen LogP contribution is -2.52. The van der Waals surface area contributed by atoms with Gasteiger partial charge >= 0.3 is 0 Å². The van der Waals surface area contributed by atoms with Crippen LogP contribution < -0.4 is 22.1 Å². The van der Waals surface area contributed by atoms with Crippen LogP contribution in [-0.4, -0.2) is 102 Å². The van der Waals surface area contributed by atoms with Gasteiger partial charge in [-0.25, -0.2) is 0 Å². The Morgan fingerprint density at radius 1 is 0.820 bits per heavy atom. The van der Waals surface area contributed by atoms with E-state index in [9.17, 15) is 24.3 Å². The molecule has 2 aliphatic rings. The fourth-order valence-electron chi connectivity index (χ4n) is 7.43. The van der Waals surface area contributed by atoms with Crippen LogP contribution >= 0.6 is 0 Å². The smallest absolute Gasteiger partial charge is 0.245 e. The highest BCUT2D eigenvalue weighted by atomic mass is 16.3. The Bertz CT molecular complexity index is 1360. The molecule has 4 rings (SSSR count). The van der Waals surface area contributed by atoms with Gasteiger partial charge in [-0.3, -0.25) is 19.2 Å². The number of β-amino-alcohol motifs (C(OH)–C–C–N with tert-alkyl or cyclic N) is 1. The molecule has 0 saturated carbocycles. The highest BCUT2D eigenvalue weighted by molar-refractivity contribution is 5.95. The number of carbonyl (C=O) groups is 4. The topological polar surface area (TPSA) is 171 Å².